The topological polar surface area (TPSA) is 70.8 Å². The van der Waals surface area contributed by atoms with Crippen molar-refractivity contribution in [2.45, 2.75) is 31.8 Å². The Labute approximate surface area is 157 Å². The lowest BCUT2D eigenvalue weighted by molar-refractivity contribution is 0.121. The van der Waals surface area contributed by atoms with E-state index in [9.17, 15) is 0 Å². The number of H-pyrrole nitrogens is 1. The number of nitrogens with zero attached hydrogens (tertiary/aromatic N) is 4. The van der Waals surface area contributed by atoms with E-state index in [1.807, 2.05) is 30.3 Å². The number of likely N-dealkylation sites (tertiary alicyclic amines) is 1. The summed E-state index contributed by atoms with van der Waals surface area (Å²) in [6.45, 7) is 1.76. The smallest absolute Gasteiger partial charge is 0.151 e. The number of aromatic nitrogens is 4. The molecule has 1 aliphatic heterocycles. The number of benzene rings is 1. The predicted octanol–water partition coefficient (Wildman–Crippen LogP) is 4.34. The average molecular weight is 359 g/mol. The van der Waals surface area contributed by atoms with Crippen LogP contribution in [0.15, 0.2) is 59.4 Å². The highest BCUT2D eigenvalue weighted by atomic mass is 16.5. The van der Waals surface area contributed by atoms with E-state index in [-0.39, 0.29) is 6.04 Å². The van der Waals surface area contributed by atoms with E-state index in [4.69, 9.17) is 9.51 Å². The summed E-state index contributed by atoms with van der Waals surface area (Å²) in [5.41, 5.74) is 3.92. The van der Waals surface area contributed by atoms with Crippen LogP contribution in [0.2, 0.25) is 0 Å². The molecule has 0 saturated carbocycles. The van der Waals surface area contributed by atoms with E-state index in [0.717, 1.165) is 53.4 Å². The highest BCUT2D eigenvalue weighted by Gasteiger charge is 2.27. The van der Waals surface area contributed by atoms with Gasteiger partial charge in [-0.15, -0.1) is 0 Å². The molecule has 0 radical (unpaired) electrons. The third-order valence-corrected chi connectivity index (χ3v) is 5.21. The molecular weight excluding hydrogens is 338 g/mol. The Bertz CT molecular complexity index is 1010. The minimum absolute atomic E-state index is 0.276. The van der Waals surface area contributed by atoms with Crippen LogP contribution in [0.4, 0.5) is 0 Å². The molecule has 1 fully saturated rings. The fourth-order valence-corrected chi connectivity index (χ4v) is 3.86. The molecule has 0 unspecified atom stereocenters. The maximum atomic E-state index is 5.61. The Hall–Kier alpha value is -2.99. The second-order valence-corrected chi connectivity index (χ2v) is 7.04. The molecule has 1 N–H and O–H groups in total. The number of nitrogens with one attached hydrogen (secondary N) is 1. The van der Waals surface area contributed by atoms with Gasteiger partial charge in [0.1, 0.15) is 11.5 Å². The van der Waals surface area contributed by atoms with E-state index in [0.29, 0.717) is 0 Å². The lowest BCUT2D eigenvalue weighted by Gasteiger charge is -2.33. The first-order chi connectivity index (χ1) is 13.4. The van der Waals surface area contributed by atoms with E-state index in [1.54, 1.807) is 12.4 Å². The molecule has 1 aromatic carbocycles. The summed E-state index contributed by atoms with van der Waals surface area (Å²) < 4.78 is 5.61. The molecular formula is C21H21N5O. The molecule has 5 rings (SSSR count). The van der Waals surface area contributed by atoms with Gasteiger partial charge >= 0.3 is 0 Å². The lowest BCUT2D eigenvalue weighted by Crippen LogP contribution is -2.33. The average Bonchev–Trinajstić information content (AvgIpc) is 3.36. The number of para-hydroxylation sites is 2. The Morgan fingerprint density at radius 2 is 2.11 bits per heavy atom. The number of imidazole rings is 1. The zero-order valence-corrected chi connectivity index (χ0v) is 15.0. The normalized spacial score (nSPS) is 18.1. The van der Waals surface area contributed by atoms with Gasteiger partial charge in [0.25, 0.3) is 0 Å². The molecule has 3 aromatic heterocycles. The van der Waals surface area contributed by atoms with Crippen LogP contribution in [0.1, 0.15) is 36.9 Å². The quantitative estimate of drug-likeness (QED) is 0.587. The van der Waals surface area contributed by atoms with Crippen LogP contribution in [0, 0.1) is 0 Å². The van der Waals surface area contributed by atoms with Crippen molar-refractivity contribution in [2.24, 2.45) is 0 Å². The number of hydrogen-bond acceptors (Lipinski definition) is 5. The summed E-state index contributed by atoms with van der Waals surface area (Å²) >= 11 is 0. The highest BCUT2D eigenvalue weighted by molar-refractivity contribution is 5.74. The van der Waals surface area contributed by atoms with Gasteiger partial charge in [-0.25, -0.2) is 4.98 Å². The van der Waals surface area contributed by atoms with Crippen molar-refractivity contribution in [2.75, 3.05) is 6.54 Å². The van der Waals surface area contributed by atoms with Gasteiger partial charge in [0.15, 0.2) is 5.76 Å². The molecule has 0 bridgehead atoms. The van der Waals surface area contributed by atoms with Crippen molar-refractivity contribution in [3.63, 3.8) is 0 Å². The van der Waals surface area contributed by atoms with Gasteiger partial charge in [-0.1, -0.05) is 23.7 Å². The molecule has 0 spiro atoms. The third kappa shape index (κ3) is 3.24. The molecule has 6 nitrogen and oxygen atoms in total. The minimum atomic E-state index is 0.276. The van der Waals surface area contributed by atoms with Crippen molar-refractivity contribution in [1.82, 2.24) is 25.0 Å². The van der Waals surface area contributed by atoms with Gasteiger partial charge < -0.3 is 9.51 Å². The first-order valence-electron chi connectivity index (χ1n) is 9.41. The molecule has 1 atom stereocenters. The van der Waals surface area contributed by atoms with E-state index in [1.165, 1.54) is 12.8 Å². The van der Waals surface area contributed by atoms with Crippen LogP contribution >= 0.6 is 0 Å². The fourth-order valence-electron chi connectivity index (χ4n) is 3.86. The largest absolute Gasteiger partial charge is 0.359 e. The molecule has 4 heterocycles. The van der Waals surface area contributed by atoms with Gasteiger partial charge in [-0.2, -0.15) is 0 Å². The first-order valence-corrected chi connectivity index (χ1v) is 9.41. The van der Waals surface area contributed by atoms with Gasteiger partial charge in [-0.05, 0) is 43.7 Å². The molecule has 4 aromatic rings. The van der Waals surface area contributed by atoms with Crippen molar-refractivity contribution >= 4 is 11.0 Å². The maximum Gasteiger partial charge on any atom is 0.151 e. The summed E-state index contributed by atoms with van der Waals surface area (Å²) in [5, 5.41) is 4.22. The zero-order chi connectivity index (χ0) is 18.1. The van der Waals surface area contributed by atoms with Crippen LogP contribution in [0.5, 0.6) is 0 Å². The fraction of sp³-hybridized carbons (Fsp3) is 0.286. The van der Waals surface area contributed by atoms with Gasteiger partial charge in [0.2, 0.25) is 0 Å². The van der Waals surface area contributed by atoms with Crippen molar-refractivity contribution < 1.29 is 4.52 Å². The summed E-state index contributed by atoms with van der Waals surface area (Å²) in [7, 11) is 0. The Kier molecular flexibility index (Phi) is 4.18. The zero-order valence-electron chi connectivity index (χ0n) is 15.0. The Morgan fingerprint density at radius 3 is 3.00 bits per heavy atom. The first kappa shape index (κ1) is 16.2. The van der Waals surface area contributed by atoms with Gasteiger partial charge in [-0.3, -0.25) is 9.88 Å². The Morgan fingerprint density at radius 1 is 1.15 bits per heavy atom. The van der Waals surface area contributed by atoms with Crippen molar-refractivity contribution in [3.05, 3.63) is 66.4 Å². The molecule has 136 valence electrons. The number of fused-ring (bicyclic) bond motifs is 1. The van der Waals surface area contributed by atoms with Gasteiger partial charge in [0, 0.05) is 24.0 Å². The highest BCUT2D eigenvalue weighted by Crippen LogP contribution is 2.32. The molecule has 6 heteroatoms. The van der Waals surface area contributed by atoms with E-state index < -0.39 is 0 Å². The second-order valence-electron chi connectivity index (χ2n) is 7.04. The predicted molar refractivity (Wildman–Crippen MR) is 103 cm³/mol. The van der Waals surface area contributed by atoms with Crippen LogP contribution < -0.4 is 0 Å². The van der Waals surface area contributed by atoms with Crippen LogP contribution in [-0.4, -0.2) is 31.6 Å². The van der Waals surface area contributed by atoms with E-state index >= 15 is 0 Å². The second kappa shape index (κ2) is 6.96. The minimum Gasteiger partial charge on any atom is -0.359 e. The molecule has 27 heavy (non-hydrogen) atoms. The molecule has 1 aliphatic rings. The molecule has 1 saturated heterocycles. The number of rotatable bonds is 4. The Balaban J connectivity index is 1.39. The lowest BCUT2D eigenvalue weighted by atomic mass is 10.0. The number of piperidine rings is 1. The number of hydrogen-bond donors (Lipinski definition) is 1. The third-order valence-electron chi connectivity index (χ3n) is 5.21. The number of pyridine rings is 1. The van der Waals surface area contributed by atoms with Crippen molar-refractivity contribution in [3.8, 4) is 11.3 Å². The van der Waals surface area contributed by atoms with Crippen LogP contribution in [-0.2, 0) is 6.54 Å². The summed E-state index contributed by atoms with van der Waals surface area (Å²) in [5.74, 6) is 1.92. The van der Waals surface area contributed by atoms with Gasteiger partial charge in [0.05, 0.1) is 23.6 Å². The van der Waals surface area contributed by atoms with Crippen molar-refractivity contribution in [1.29, 1.82) is 0 Å². The number of aromatic amines is 1. The summed E-state index contributed by atoms with van der Waals surface area (Å²) in [4.78, 5) is 14.9. The van der Waals surface area contributed by atoms with Crippen LogP contribution in [0.3, 0.4) is 0 Å². The molecule has 0 aliphatic carbocycles. The summed E-state index contributed by atoms with van der Waals surface area (Å²) in [6, 6.07) is 14.4. The standard InChI is InChI=1S/C21H21N5O/c1-2-8-18-17(7-1)23-21(24-18)20-9-3-4-11-26(20)14-16-12-19(25-27-16)15-6-5-10-22-13-15/h1-2,5-8,10,12-13,20H,3-4,9,11,14H2,(H,23,24)/t20-/m0/s1. The van der Waals surface area contributed by atoms with E-state index in [2.05, 4.69) is 32.2 Å². The SMILES string of the molecule is c1cncc(-c2cc(CN3CCCC[C@H]3c3nc4ccccc4[nH]3)on2)c1. The maximum absolute atomic E-state index is 5.61. The van der Waals surface area contributed by atoms with Crippen LogP contribution in [0.25, 0.3) is 22.3 Å². The molecule has 0 amide bonds. The monoisotopic (exact) mass is 359 g/mol. The summed E-state index contributed by atoms with van der Waals surface area (Å²) in [6.07, 6.45) is 7.08.